The molecule has 0 aromatic heterocycles. The van der Waals surface area contributed by atoms with Gasteiger partial charge in [-0.2, -0.15) is 0 Å². The Balaban J connectivity index is 1.99. The smallest absolute Gasteiger partial charge is 0.307 e. The Hall–Kier alpha value is -2.62. The van der Waals surface area contributed by atoms with E-state index < -0.39 is 5.97 Å². The van der Waals surface area contributed by atoms with Gasteiger partial charge in [0.2, 0.25) is 5.91 Å². The van der Waals surface area contributed by atoms with Crippen LogP contribution in [-0.2, 0) is 16.0 Å². The lowest BCUT2D eigenvalue weighted by atomic mass is 9.93. The second-order valence-electron chi connectivity index (χ2n) is 5.78. The normalized spacial score (nSPS) is 11.7. The first-order chi connectivity index (χ1) is 11.0. The zero-order valence-electron chi connectivity index (χ0n) is 13.4. The minimum absolute atomic E-state index is 0.0523. The standard InChI is InChI=1S/C19H21NO3/c1-13-6-3-4-9-17(13)14(2)10-18(21)20-16-8-5-7-15(11-16)12-19(22)23/h3-9,11,14H,10,12H2,1-2H3,(H,20,21)(H,22,23). The number of benzene rings is 2. The number of carboxylic acids is 1. The lowest BCUT2D eigenvalue weighted by molar-refractivity contribution is -0.136. The van der Waals surface area contributed by atoms with E-state index >= 15 is 0 Å². The molecule has 2 rings (SSSR count). The van der Waals surface area contributed by atoms with Crippen LogP contribution in [0.15, 0.2) is 48.5 Å². The fraction of sp³-hybridized carbons (Fsp3) is 0.263. The molecular formula is C19H21NO3. The molecule has 4 nitrogen and oxygen atoms in total. The quantitative estimate of drug-likeness (QED) is 0.853. The summed E-state index contributed by atoms with van der Waals surface area (Å²) >= 11 is 0. The zero-order chi connectivity index (χ0) is 16.8. The molecule has 0 bridgehead atoms. The molecule has 0 aliphatic heterocycles. The third-order valence-electron chi connectivity index (χ3n) is 3.78. The van der Waals surface area contributed by atoms with Gasteiger partial charge in [0.1, 0.15) is 0 Å². The van der Waals surface area contributed by atoms with Gasteiger partial charge < -0.3 is 10.4 Å². The van der Waals surface area contributed by atoms with E-state index in [2.05, 4.69) is 5.32 Å². The van der Waals surface area contributed by atoms with Gasteiger partial charge in [0.25, 0.3) is 0 Å². The number of nitrogens with one attached hydrogen (secondary N) is 1. The molecule has 0 saturated carbocycles. The lowest BCUT2D eigenvalue weighted by Gasteiger charge is -2.14. The second kappa shape index (κ2) is 7.58. The highest BCUT2D eigenvalue weighted by molar-refractivity contribution is 5.91. The topological polar surface area (TPSA) is 66.4 Å². The Morgan fingerprint density at radius 1 is 1.13 bits per heavy atom. The summed E-state index contributed by atoms with van der Waals surface area (Å²) < 4.78 is 0. The van der Waals surface area contributed by atoms with Crippen LogP contribution in [0.2, 0.25) is 0 Å². The van der Waals surface area contributed by atoms with Crippen LogP contribution in [0, 0.1) is 6.92 Å². The van der Waals surface area contributed by atoms with E-state index in [9.17, 15) is 9.59 Å². The van der Waals surface area contributed by atoms with Gasteiger partial charge in [0, 0.05) is 12.1 Å². The number of hydrogen-bond donors (Lipinski definition) is 2. The highest BCUT2D eigenvalue weighted by Gasteiger charge is 2.13. The maximum atomic E-state index is 12.2. The number of rotatable bonds is 6. The summed E-state index contributed by atoms with van der Waals surface area (Å²) in [4.78, 5) is 23.0. The number of anilines is 1. The molecule has 2 aromatic carbocycles. The Morgan fingerprint density at radius 2 is 1.87 bits per heavy atom. The molecule has 2 aromatic rings. The van der Waals surface area contributed by atoms with Crippen LogP contribution in [-0.4, -0.2) is 17.0 Å². The molecule has 1 unspecified atom stereocenters. The number of aryl methyl sites for hydroxylation is 1. The molecule has 0 saturated heterocycles. The van der Waals surface area contributed by atoms with E-state index in [0.29, 0.717) is 17.7 Å². The van der Waals surface area contributed by atoms with Gasteiger partial charge in [-0.3, -0.25) is 9.59 Å². The van der Waals surface area contributed by atoms with Gasteiger partial charge in [-0.25, -0.2) is 0 Å². The first-order valence-electron chi connectivity index (χ1n) is 7.62. The van der Waals surface area contributed by atoms with Crippen LogP contribution in [0.4, 0.5) is 5.69 Å². The number of carboxylic acid groups (broad SMARTS) is 1. The molecule has 2 N–H and O–H groups in total. The van der Waals surface area contributed by atoms with E-state index in [1.54, 1.807) is 24.3 Å². The third kappa shape index (κ3) is 4.95. The summed E-state index contributed by atoms with van der Waals surface area (Å²) in [6.07, 6.45) is 0.331. The predicted octanol–water partition coefficient (Wildman–Crippen LogP) is 3.75. The van der Waals surface area contributed by atoms with E-state index in [0.717, 1.165) is 0 Å². The minimum atomic E-state index is -0.887. The van der Waals surface area contributed by atoms with Gasteiger partial charge in [-0.1, -0.05) is 43.3 Å². The van der Waals surface area contributed by atoms with Gasteiger partial charge in [-0.05, 0) is 41.7 Å². The highest BCUT2D eigenvalue weighted by atomic mass is 16.4. The van der Waals surface area contributed by atoms with Crippen molar-refractivity contribution in [3.05, 3.63) is 65.2 Å². The SMILES string of the molecule is Cc1ccccc1C(C)CC(=O)Nc1cccc(CC(=O)O)c1. The fourth-order valence-corrected chi connectivity index (χ4v) is 2.67. The van der Waals surface area contributed by atoms with E-state index in [4.69, 9.17) is 5.11 Å². The first-order valence-corrected chi connectivity index (χ1v) is 7.62. The van der Waals surface area contributed by atoms with Crippen LogP contribution in [0.5, 0.6) is 0 Å². The molecule has 0 aliphatic rings. The van der Waals surface area contributed by atoms with Crippen molar-refractivity contribution in [2.24, 2.45) is 0 Å². The molecule has 0 aliphatic carbocycles. The van der Waals surface area contributed by atoms with Crippen LogP contribution in [0.25, 0.3) is 0 Å². The first kappa shape index (κ1) is 16.7. The molecule has 120 valence electrons. The summed E-state index contributed by atoms with van der Waals surface area (Å²) in [6.45, 7) is 4.07. The molecule has 0 fully saturated rings. The molecule has 0 spiro atoms. The number of carbonyl (C=O) groups excluding carboxylic acids is 1. The average molecular weight is 311 g/mol. The van der Waals surface area contributed by atoms with Crippen LogP contribution in [0.3, 0.4) is 0 Å². The van der Waals surface area contributed by atoms with Crippen molar-refractivity contribution in [2.45, 2.75) is 32.6 Å². The van der Waals surface area contributed by atoms with Gasteiger partial charge >= 0.3 is 5.97 Å². The summed E-state index contributed by atoms with van der Waals surface area (Å²) in [5.74, 6) is -0.840. The maximum absolute atomic E-state index is 12.2. The largest absolute Gasteiger partial charge is 0.481 e. The van der Waals surface area contributed by atoms with Crippen molar-refractivity contribution >= 4 is 17.6 Å². The van der Waals surface area contributed by atoms with Gasteiger partial charge in [0.15, 0.2) is 0 Å². The Kier molecular flexibility index (Phi) is 5.52. The van der Waals surface area contributed by atoms with Crippen LogP contribution in [0.1, 0.15) is 36.0 Å². The van der Waals surface area contributed by atoms with Crippen molar-refractivity contribution in [2.75, 3.05) is 5.32 Å². The zero-order valence-corrected chi connectivity index (χ0v) is 13.4. The molecule has 0 radical (unpaired) electrons. The van der Waals surface area contributed by atoms with E-state index in [1.165, 1.54) is 11.1 Å². The summed E-state index contributed by atoms with van der Waals surface area (Å²) in [6, 6.07) is 15.0. The third-order valence-corrected chi connectivity index (χ3v) is 3.78. The summed E-state index contributed by atoms with van der Waals surface area (Å²) in [5.41, 5.74) is 3.64. The Morgan fingerprint density at radius 3 is 2.57 bits per heavy atom. The molecule has 1 atom stereocenters. The average Bonchev–Trinajstić information content (AvgIpc) is 2.47. The van der Waals surface area contributed by atoms with Crippen LogP contribution < -0.4 is 5.32 Å². The van der Waals surface area contributed by atoms with E-state index in [1.807, 2.05) is 38.1 Å². The van der Waals surface area contributed by atoms with Crippen molar-refractivity contribution in [1.29, 1.82) is 0 Å². The summed E-state index contributed by atoms with van der Waals surface area (Å²) in [5, 5.41) is 11.7. The maximum Gasteiger partial charge on any atom is 0.307 e. The lowest BCUT2D eigenvalue weighted by Crippen LogP contribution is -2.15. The predicted molar refractivity (Wildman–Crippen MR) is 90.6 cm³/mol. The number of hydrogen-bond acceptors (Lipinski definition) is 2. The Labute approximate surface area is 136 Å². The minimum Gasteiger partial charge on any atom is -0.481 e. The highest BCUT2D eigenvalue weighted by Crippen LogP contribution is 2.23. The van der Waals surface area contributed by atoms with Gasteiger partial charge in [0.05, 0.1) is 6.42 Å². The molecule has 0 heterocycles. The molecule has 23 heavy (non-hydrogen) atoms. The number of aliphatic carboxylic acids is 1. The van der Waals surface area contributed by atoms with Crippen molar-refractivity contribution in [1.82, 2.24) is 0 Å². The molecule has 1 amide bonds. The van der Waals surface area contributed by atoms with Crippen molar-refractivity contribution in [3.8, 4) is 0 Å². The van der Waals surface area contributed by atoms with Crippen molar-refractivity contribution < 1.29 is 14.7 Å². The van der Waals surface area contributed by atoms with Gasteiger partial charge in [-0.15, -0.1) is 0 Å². The number of carbonyl (C=O) groups is 2. The summed E-state index contributed by atoms with van der Waals surface area (Å²) in [7, 11) is 0. The molecular weight excluding hydrogens is 290 g/mol. The monoisotopic (exact) mass is 311 g/mol. The van der Waals surface area contributed by atoms with Crippen molar-refractivity contribution in [3.63, 3.8) is 0 Å². The fourth-order valence-electron chi connectivity index (χ4n) is 2.67. The van der Waals surface area contributed by atoms with E-state index in [-0.39, 0.29) is 18.2 Å². The Bertz CT molecular complexity index is 709. The molecule has 4 heteroatoms. The second-order valence-corrected chi connectivity index (χ2v) is 5.78. The number of amides is 1. The van der Waals surface area contributed by atoms with Crippen LogP contribution >= 0.6 is 0 Å².